The van der Waals surface area contributed by atoms with Gasteiger partial charge in [0.15, 0.2) is 0 Å². The molecule has 0 spiro atoms. The molecule has 0 bridgehead atoms. The summed E-state index contributed by atoms with van der Waals surface area (Å²) in [6.45, 7) is 31.4. The molecule has 492 valence electrons. The fourth-order valence-electron chi connectivity index (χ4n) is 10.8. The minimum absolute atomic E-state index is 0.00712. The third-order valence-corrected chi connectivity index (χ3v) is 14.5. The molecule has 3 saturated heterocycles. The van der Waals surface area contributed by atoms with Crippen LogP contribution in [-0.2, 0) is 73.1 Å². The number of hydrogen-bond acceptors (Lipinski definition) is 14. The van der Waals surface area contributed by atoms with Gasteiger partial charge in [0.2, 0.25) is 5.91 Å². The van der Waals surface area contributed by atoms with Gasteiger partial charge in [-0.15, -0.1) is 0 Å². The summed E-state index contributed by atoms with van der Waals surface area (Å²) < 4.78 is 99.2. The Morgan fingerprint density at radius 2 is 0.798 bits per heavy atom. The summed E-state index contributed by atoms with van der Waals surface area (Å²) in [4.78, 5) is 102. The van der Waals surface area contributed by atoms with Gasteiger partial charge in [-0.2, -0.15) is 0 Å². The molecule has 3 heterocycles. The van der Waals surface area contributed by atoms with Crippen LogP contribution in [0.25, 0.3) is 0 Å². The first kappa shape index (κ1) is 62.3. The van der Waals surface area contributed by atoms with E-state index in [4.69, 9.17) is 33.2 Å². The van der Waals surface area contributed by atoms with E-state index in [2.05, 4.69) is 5.32 Å². The van der Waals surface area contributed by atoms with Crippen molar-refractivity contribution in [2.45, 2.75) is 209 Å². The molecule has 0 radical (unpaired) electrons. The second-order valence-electron chi connectivity index (χ2n) is 29.6. The standard InChI is InChI=1S/C71H104N4O14/c1-66(2,3)84-60(77)56(51-28-32-73(43-51)63(80)87-69(10,11)12)40-47-23-19-22-46(36-47)39-55(50-26-20-24-48(37-50)41-57(61(78)85-67(4,5)6)52-29-33-74(44-52)64(81)88-70(13,14)15)59(76)72-31-35-83-54-27-21-25-49(38-54)42-58(62(79)86-68(7,8)9)53-30-34-75(45-53)65(82)89-71(16,17)18/h19-27,36-38,51-53,55-58H,28-35,39-45H2,1-18H3,(H,72,76)/t51-,52-,53-,55?,56-,57-,58-/m0/s1/i40D2,41D2,42D2. The van der Waals surface area contributed by atoms with Gasteiger partial charge in [-0.25, -0.2) is 14.4 Å². The summed E-state index contributed by atoms with van der Waals surface area (Å²) in [7, 11) is 0. The van der Waals surface area contributed by atoms with Crippen molar-refractivity contribution in [3.05, 3.63) is 101 Å². The van der Waals surface area contributed by atoms with E-state index in [1.165, 1.54) is 32.9 Å². The maximum absolute atomic E-state index is 15.1. The number of hydrogen-bond donors (Lipinski definition) is 1. The molecule has 0 aromatic heterocycles. The van der Waals surface area contributed by atoms with Crippen molar-refractivity contribution in [1.29, 1.82) is 0 Å². The quantitative estimate of drug-likeness (QED) is 0.0635. The lowest BCUT2D eigenvalue weighted by molar-refractivity contribution is -0.163. The molecule has 6 rings (SSSR count). The van der Waals surface area contributed by atoms with E-state index in [9.17, 15) is 37.0 Å². The molecule has 3 aromatic rings. The van der Waals surface area contributed by atoms with Crippen LogP contribution in [-0.4, -0.2) is 143 Å². The van der Waals surface area contributed by atoms with Crippen LogP contribution in [0, 0.1) is 35.5 Å². The largest absolute Gasteiger partial charge is 0.492 e. The summed E-state index contributed by atoms with van der Waals surface area (Å²) >= 11 is 0. The molecule has 3 aliphatic rings. The van der Waals surface area contributed by atoms with E-state index in [0.717, 1.165) is 0 Å². The molecular weight excluding hydrogens is 1130 g/mol. The van der Waals surface area contributed by atoms with Crippen molar-refractivity contribution in [2.75, 3.05) is 52.4 Å². The predicted molar refractivity (Wildman–Crippen MR) is 341 cm³/mol. The molecule has 3 aromatic carbocycles. The molecule has 7 atom stereocenters. The minimum atomic E-state index is -2.46. The fourth-order valence-corrected chi connectivity index (χ4v) is 10.8. The van der Waals surface area contributed by atoms with Crippen LogP contribution < -0.4 is 10.1 Å². The number of ether oxygens (including phenoxy) is 7. The van der Waals surface area contributed by atoms with E-state index in [1.54, 1.807) is 179 Å². The number of likely N-dealkylation sites (tertiary alicyclic amines) is 3. The number of benzene rings is 3. The molecule has 1 unspecified atom stereocenters. The normalized spacial score (nSPS) is 20.4. The van der Waals surface area contributed by atoms with E-state index in [-0.39, 0.29) is 94.1 Å². The van der Waals surface area contributed by atoms with E-state index in [0.29, 0.717) is 17.5 Å². The summed E-state index contributed by atoms with van der Waals surface area (Å²) in [6.07, 6.45) is -8.18. The zero-order valence-corrected chi connectivity index (χ0v) is 56.0. The van der Waals surface area contributed by atoms with Crippen LogP contribution in [0.15, 0.2) is 72.8 Å². The van der Waals surface area contributed by atoms with Gasteiger partial charge >= 0.3 is 36.2 Å². The van der Waals surface area contributed by atoms with Crippen molar-refractivity contribution < 1.29 is 74.9 Å². The zero-order chi connectivity index (χ0) is 71.4. The minimum Gasteiger partial charge on any atom is -0.492 e. The lowest BCUT2D eigenvalue weighted by Crippen LogP contribution is -2.38. The Labute approximate surface area is 538 Å². The van der Waals surface area contributed by atoms with Gasteiger partial charge in [0.05, 0.1) is 30.2 Å². The van der Waals surface area contributed by atoms with Crippen LogP contribution in [0.5, 0.6) is 5.75 Å². The second kappa shape index (κ2) is 29.4. The van der Waals surface area contributed by atoms with Gasteiger partial charge in [0.1, 0.15) is 46.0 Å². The van der Waals surface area contributed by atoms with E-state index < -0.39 is 136 Å². The highest BCUT2D eigenvalue weighted by molar-refractivity contribution is 5.84. The lowest BCUT2D eigenvalue weighted by Gasteiger charge is -2.28. The maximum atomic E-state index is 15.1. The average Bonchev–Trinajstić information content (AvgIpc) is 1.76. The molecular formula is C71H104N4O14. The van der Waals surface area contributed by atoms with E-state index >= 15 is 4.79 Å². The SMILES string of the molecule is [2H]C([2H])(c1cccc(CC(C(=O)NCCOc2cccc(C([2H])([2H])[C@H](C(=O)OC(C)(C)C)[C@H]3CCN(C(=O)OC(C)(C)C)C3)c2)c2cccc(C([2H])([2H])[C@H](C(=O)OC(C)(C)C)[C@H]3CCN(C(=O)OC(C)(C)C)C3)c2)c1)[C@H](C(=O)OC(C)(C)C)[C@H]1CCN(C(=O)OC(C)(C)C)C1. The molecule has 18 nitrogen and oxygen atoms in total. The number of nitrogens with zero attached hydrogens (tertiary/aromatic N) is 3. The Morgan fingerprint density at radius 1 is 0.461 bits per heavy atom. The first-order chi connectivity index (χ1) is 43.4. The molecule has 4 amide bonds. The number of carbonyl (C=O) groups excluding carboxylic acids is 7. The topological polar surface area (TPSA) is 206 Å². The summed E-state index contributed by atoms with van der Waals surface area (Å²) in [6, 6.07) is 19.0. The van der Waals surface area contributed by atoms with Crippen LogP contribution in [0.4, 0.5) is 14.4 Å². The zero-order valence-electron chi connectivity index (χ0n) is 62.0. The number of amides is 4. The first-order valence-electron chi connectivity index (χ1n) is 34.3. The Kier molecular flexibility index (Phi) is 20.6. The van der Waals surface area contributed by atoms with Crippen LogP contribution in [0.1, 0.15) is 186 Å². The molecule has 3 fully saturated rings. The highest BCUT2D eigenvalue weighted by Crippen LogP contribution is 2.36. The molecule has 1 N–H and O–H groups in total. The van der Waals surface area contributed by atoms with Crippen LogP contribution in [0.2, 0.25) is 0 Å². The van der Waals surface area contributed by atoms with Crippen molar-refractivity contribution in [3.8, 4) is 5.75 Å². The molecule has 89 heavy (non-hydrogen) atoms. The van der Waals surface area contributed by atoms with Gasteiger partial charge in [-0.3, -0.25) is 19.2 Å². The van der Waals surface area contributed by atoms with Gasteiger partial charge in [0, 0.05) is 47.5 Å². The van der Waals surface area contributed by atoms with Crippen LogP contribution in [0.3, 0.4) is 0 Å². The third-order valence-electron chi connectivity index (χ3n) is 14.5. The second-order valence-corrected chi connectivity index (χ2v) is 29.6. The van der Waals surface area contributed by atoms with Gasteiger partial charge in [-0.1, -0.05) is 60.7 Å². The maximum Gasteiger partial charge on any atom is 0.410 e. The van der Waals surface area contributed by atoms with Crippen molar-refractivity contribution in [2.24, 2.45) is 35.5 Å². The van der Waals surface area contributed by atoms with Crippen LogP contribution >= 0.6 is 0 Å². The third kappa shape index (κ3) is 23.5. The molecule has 0 saturated carbocycles. The Balaban J connectivity index is 1.34. The highest BCUT2D eigenvalue weighted by Gasteiger charge is 2.43. The van der Waals surface area contributed by atoms with Gasteiger partial charge in [-0.05, 0) is 227 Å². The lowest BCUT2D eigenvalue weighted by atomic mass is 9.83. The number of rotatable bonds is 20. The average molecular weight is 1240 g/mol. The molecule has 18 heteroatoms. The number of esters is 3. The van der Waals surface area contributed by atoms with E-state index in [1.807, 2.05) is 0 Å². The van der Waals surface area contributed by atoms with Gasteiger partial charge in [0.25, 0.3) is 0 Å². The molecule has 3 aliphatic heterocycles. The first-order valence-corrected chi connectivity index (χ1v) is 31.3. The van der Waals surface area contributed by atoms with Crippen molar-refractivity contribution >= 4 is 42.1 Å². The fraction of sp³-hybridized carbons (Fsp3) is 0.648. The number of carbonyl (C=O) groups is 7. The Morgan fingerprint density at radius 3 is 1.18 bits per heavy atom. The van der Waals surface area contributed by atoms with Crippen molar-refractivity contribution in [3.63, 3.8) is 0 Å². The Hall–Kier alpha value is -6.85. The molecule has 0 aliphatic carbocycles. The van der Waals surface area contributed by atoms with Gasteiger partial charge < -0.3 is 53.2 Å². The summed E-state index contributed by atoms with van der Waals surface area (Å²) in [5.41, 5.74) is -4.28. The highest BCUT2D eigenvalue weighted by atomic mass is 16.6. The predicted octanol–water partition coefficient (Wildman–Crippen LogP) is 12.5. The number of nitrogens with one attached hydrogen (secondary N) is 1. The summed E-state index contributed by atoms with van der Waals surface area (Å²) in [5, 5.41) is 2.96. The Bertz CT molecular complexity index is 3230. The van der Waals surface area contributed by atoms with Crippen molar-refractivity contribution in [1.82, 2.24) is 20.0 Å². The monoisotopic (exact) mass is 1240 g/mol. The summed E-state index contributed by atoms with van der Waals surface area (Å²) in [5.74, 6) is -10.0. The smallest absolute Gasteiger partial charge is 0.410 e.